The van der Waals surface area contributed by atoms with Gasteiger partial charge in [-0.3, -0.25) is 0 Å². The summed E-state index contributed by atoms with van der Waals surface area (Å²) in [4.78, 5) is 11.4. The lowest BCUT2D eigenvalue weighted by molar-refractivity contribution is 0.0695. The molecule has 0 amide bonds. The molecule has 2 aromatic rings. The third kappa shape index (κ3) is 2.00. The van der Waals surface area contributed by atoms with Crippen LogP contribution in [0.2, 0.25) is 0 Å². The van der Waals surface area contributed by atoms with E-state index in [0.29, 0.717) is 16.1 Å². The van der Waals surface area contributed by atoms with Crippen LogP contribution in [0.25, 0.3) is 11.3 Å². The molecule has 1 aliphatic rings. The third-order valence-electron chi connectivity index (χ3n) is 3.56. The number of hydrogen-bond acceptors (Lipinski definition) is 1. The van der Waals surface area contributed by atoms with E-state index >= 15 is 0 Å². The molecule has 1 fully saturated rings. The van der Waals surface area contributed by atoms with Crippen LogP contribution in [0.3, 0.4) is 0 Å². The van der Waals surface area contributed by atoms with Gasteiger partial charge in [-0.2, -0.15) is 0 Å². The summed E-state index contributed by atoms with van der Waals surface area (Å²) >= 11 is 3.48. The van der Waals surface area contributed by atoms with E-state index in [1.165, 1.54) is 0 Å². The van der Waals surface area contributed by atoms with Gasteiger partial charge in [0.05, 0.1) is 15.7 Å². The van der Waals surface area contributed by atoms with Crippen molar-refractivity contribution >= 4 is 21.9 Å². The van der Waals surface area contributed by atoms with Crippen LogP contribution in [-0.4, -0.2) is 15.6 Å². The summed E-state index contributed by atoms with van der Waals surface area (Å²) in [6.07, 6.45) is 2.25. The largest absolute Gasteiger partial charge is 0.478 e. The highest BCUT2D eigenvalue weighted by Gasteiger charge is 2.32. The first-order chi connectivity index (χ1) is 9.11. The lowest BCUT2D eigenvalue weighted by Crippen LogP contribution is -2.02. The van der Waals surface area contributed by atoms with Crippen LogP contribution < -0.4 is 0 Å². The Kier molecular flexibility index (Phi) is 2.97. The maximum atomic E-state index is 11.4. The number of aromatic carboxylic acids is 1. The molecule has 3 nitrogen and oxygen atoms in total. The number of carboxylic acid groups (broad SMARTS) is 1. The summed E-state index contributed by atoms with van der Waals surface area (Å²) < 4.78 is 2.86. The van der Waals surface area contributed by atoms with E-state index in [1.54, 1.807) is 0 Å². The molecule has 0 radical (unpaired) electrons. The molecule has 1 aliphatic carbocycles. The average Bonchev–Trinajstić information content (AvgIpc) is 3.16. The molecule has 0 unspecified atom stereocenters. The van der Waals surface area contributed by atoms with Gasteiger partial charge >= 0.3 is 5.97 Å². The zero-order chi connectivity index (χ0) is 13.6. The Morgan fingerprint density at radius 2 is 1.95 bits per heavy atom. The van der Waals surface area contributed by atoms with Gasteiger partial charge in [-0.25, -0.2) is 4.79 Å². The summed E-state index contributed by atoms with van der Waals surface area (Å²) in [5, 5.41) is 9.39. The number of halogens is 1. The molecule has 0 spiro atoms. The number of carboxylic acids is 1. The van der Waals surface area contributed by atoms with Gasteiger partial charge in [-0.15, -0.1) is 0 Å². The molecule has 1 aromatic carbocycles. The fourth-order valence-corrected chi connectivity index (χ4v) is 3.45. The van der Waals surface area contributed by atoms with E-state index in [0.717, 1.165) is 29.8 Å². The SMILES string of the molecule is Cc1c(C(=O)O)c(Br)c(-c2ccccc2)n1C1CC1. The number of rotatable bonds is 3. The molecule has 1 heterocycles. The normalized spacial score (nSPS) is 14.6. The van der Waals surface area contributed by atoms with Gasteiger partial charge in [-0.1, -0.05) is 30.3 Å². The minimum atomic E-state index is -0.874. The Labute approximate surface area is 120 Å². The van der Waals surface area contributed by atoms with Gasteiger partial charge in [0, 0.05) is 11.7 Å². The van der Waals surface area contributed by atoms with Crippen LogP contribution in [-0.2, 0) is 0 Å². The monoisotopic (exact) mass is 319 g/mol. The van der Waals surface area contributed by atoms with Crippen molar-refractivity contribution in [3.63, 3.8) is 0 Å². The molecule has 19 heavy (non-hydrogen) atoms. The fourth-order valence-electron chi connectivity index (χ4n) is 2.57. The van der Waals surface area contributed by atoms with Gasteiger partial charge in [0.2, 0.25) is 0 Å². The predicted octanol–water partition coefficient (Wildman–Crippen LogP) is 4.26. The second-order valence-electron chi connectivity index (χ2n) is 4.90. The van der Waals surface area contributed by atoms with E-state index in [1.807, 2.05) is 37.3 Å². The Morgan fingerprint density at radius 1 is 1.32 bits per heavy atom. The first kappa shape index (κ1) is 12.5. The van der Waals surface area contributed by atoms with Crippen LogP contribution in [0.5, 0.6) is 0 Å². The van der Waals surface area contributed by atoms with Gasteiger partial charge in [0.1, 0.15) is 0 Å². The lowest BCUT2D eigenvalue weighted by Gasteiger charge is -2.10. The molecule has 4 heteroatoms. The minimum absolute atomic E-state index is 0.380. The van der Waals surface area contributed by atoms with Crippen molar-refractivity contribution < 1.29 is 9.90 Å². The van der Waals surface area contributed by atoms with Gasteiger partial charge < -0.3 is 9.67 Å². The van der Waals surface area contributed by atoms with Gasteiger partial charge in [-0.05, 0) is 41.3 Å². The number of nitrogens with zero attached hydrogens (tertiary/aromatic N) is 1. The van der Waals surface area contributed by atoms with Crippen molar-refractivity contribution in [3.8, 4) is 11.3 Å². The van der Waals surface area contributed by atoms with E-state index in [9.17, 15) is 9.90 Å². The number of hydrogen-bond donors (Lipinski definition) is 1. The fraction of sp³-hybridized carbons (Fsp3) is 0.267. The number of carbonyl (C=O) groups is 1. The standard InChI is InChI=1S/C15H14BrNO2/c1-9-12(15(18)19)13(16)14(17(9)11-7-8-11)10-5-3-2-4-6-10/h2-6,11H,7-8H2,1H3,(H,18,19). The maximum absolute atomic E-state index is 11.4. The molecule has 1 saturated carbocycles. The number of aromatic nitrogens is 1. The second-order valence-corrected chi connectivity index (χ2v) is 5.69. The Bertz CT molecular complexity index is 642. The van der Waals surface area contributed by atoms with Gasteiger partial charge in [0.15, 0.2) is 0 Å². The van der Waals surface area contributed by atoms with Crippen molar-refractivity contribution in [1.82, 2.24) is 4.57 Å². The van der Waals surface area contributed by atoms with Crippen molar-refractivity contribution in [2.24, 2.45) is 0 Å². The molecule has 1 N–H and O–H groups in total. The Balaban J connectivity index is 2.28. The molecular formula is C15H14BrNO2. The molecule has 98 valence electrons. The molecule has 0 bridgehead atoms. The van der Waals surface area contributed by atoms with Crippen LogP contribution in [0.1, 0.15) is 34.9 Å². The first-order valence-electron chi connectivity index (χ1n) is 6.30. The second kappa shape index (κ2) is 4.53. The summed E-state index contributed by atoms with van der Waals surface area (Å²) in [5.41, 5.74) is 3.25. The zero-order valence-corrected chi connectivity index (χ0v) is 12.1. The summed E-state index contributed by atoms with van der Waals surface area (Å²) in [7, 11) is 0. The molecule has 0 saturated heterocycles. The van der Waals surface area contributed by atoms with Crippen LogP contribution >= 0.6 is 15.9 Å². The Hall–Kier alpha value is -1.55. The van der Waals surface area contributed by atoms with Crippen LogP contribution in [0.4, 0.5) is 0 Å². The average molecular weight is 320 g/mol. The predicted molar refractivity (Wildman–Crippen MR) is 77.5 cm³/mol. The topological polar surface area (TPSA) is 42.2 Å². The van der Waals surface area contributed by atoms with Crippen molar-refractivity contribution in [3.05, 3.63) is 46.1 Å². The summed E-state index contributed by atoms with van der Waals surface area (Å²) in [5.74, 6) is -0.874. The van der Waals surface area contributed by atoms with Crippen molar-refractivity contribution in [2.45, 2.75) is 25.8 Å². The molecule has 0 aliphatic heterocycles. The van der Waals surface area contributed by atoms with Crippen molar-refractivity contribution in [1.29, 1.82) is 0 Å². The highest BCUT2D eigenvalue weighted by molar-refractivity contribution is 9.10. The van der Waals surface area contributed by atoms with E-state index in [2.05, 4.69) is 20.5 Å². The molecule has 0 atom stereocenters. The lowest BCUT2D eigenvalue weighted by atomic mass is 10.1. The summed E-state index contributed by atoms with van der Waals surface area (Å²) in [6, 6.07) is 10.4. The Morgan fingerprint density at radius 3 is 2.47 bits per heavy atom. The quantitative estimate of drug-likeness (QED) is 0.918. The molecule has 3 rings (SSSR count). The highest BCUT2D eigenvalue weighted by atomic mass is 79.9. The van der Waals surface area contributed by atoms with E-state index in [4.69, 9.17) is 0 Å². The number of benzene rings is 1. The zero-order valence-electron chi connectivity index (χ0n) is 10.6. The maximum Gasteiger partial charge on any atom is 0.338 e. The minimum Gasteiger partial charge on any atom is -0.478 e. The molecule has 1 aromatic heterocycles. The summed E-state index contributed by atoms with van der Waals surface area (Å²) in [6.45, 7) is 1.89. The van der Waals surface area contributed by atoms with Gasteiger partial charge in [0.25, 0.3) is 0 Å². The van der Waals surface area contributed by atoms with Crippen molar-refractivity contribution in [2.75, 3.05) is 0 Å². The van der Waals surface area contributed by atoms with E-state index in [-0.39, 0.29) is 0 Å². The molecular weight excluding hydrogens is 306 g/mol. The van der Waals surface area contributed by atoms with Crippen LogP contribution in [0, 0.1) is 6.92 Å². The van der Waals surface area contributed by atoms with Crippen LogP contribution in [0.15, 0.2) is 34.8 Å². The van der Waals surface area contributed by atoms with E-state index < -0.39 is 5.97 Å². The first-order valence-corrected chi connectivity index (χ1v) is 7.09. The smallest absolute Gasteiger partial charge is 0.338 e. The highest BCUT2D eigenvalue weighted by Crippen LogP contribution is 2.45. The third-order valence-corrected chi connectivity index (χ3v) is 4.34.